The number of hydrogen-bond acceptors (Lipinski definition) is 5. The van der Waals surface area contributed by atoms with Crippen LogP contribution in [0.4, 0.5) is 0 Å². The van der Waals surface area contributed by atoms with Crippen LogP contribution < -0.4 is 0 Å². The van der Waals surface area contributed by atoms with Crippen LogP contribution in [0.25, 0.3) is 22.0 Å². The first-order chi connectivity index (χ1) is 10.4. The molecule has 0 aliphatic carbocycles. The monoisotopic (exact) mass is 314 g/mol. The summed E-state index contributed by atoms with van der Waals surface area (Å²) in [5.41, 5.74) is 2.16. The lowest BCUT2D eigenvalue weighted by Gasteiger charge is -2.15. The molecular weight excluding hydrogens is 300 g/mol. The number of halogens is 1. The quantitative estimate of drug-likeness (QED) is 0.786. The van der Waals surface area contributed by atoms with Gasteiger partial charge in [0.05, 0.1) is 16.2 Å². The van der Waals surface area contributed by atoms with Crippen molar-refractivity contribution in [3.8, 4) is 11.1 Å². The first kappa shape index (κ1) is 14.8. The van der Waals surface area contributed by atoms with Gasteiger partial charge in [0.15, 0.2) is 5.82 Å². The Morgan fingerprint density at radius 2 is 1.73 bits per heavy atom. The molecule has 0 aliphatic rings. The van der Waals surface area contributed by atoms with Crippen LogP contribution in [0.15, 0.2) is 30.6 Å². The van der Waals surface area contributed by atoms with E-state index >= 15 is 0 Å². The van der Waals surface area contributed by atoms with Crippen LogP contribution >= 0.6 is 11.6 Å². The van der Waals surface area contributed by atoms with Crippen LogP contribution in [-0.4, -0.2) is 25.3 Å². The van der Waals surface area contributed by atoms with Crippen molar-refractivity contribution in [2.24, 2.45) is 0 Å². The van der Waals surface area contributed by atoms with Gasteiger partial charge in [-0.2, -0.15) is 10.2 Å². The highest BCUT2D eigenvalue weighted by Crippen LogP contribution is 2.28. The normalized spacial score (nSPS) is 11.9. The number of aliphatic hydroxyl groups is 1. The number of benzene rings is 1. The highest BCUT2D eigenvalue weighted by atomic mass is 35.5. The third-order valence-electron chi connectivity index (χ3n) is 3.39. The van der Waals surface area contributed by atoms with Gasteiger partial charge in [0.1, 0.15) is 5.60 Å². The van der Waals surface area contributed by atoms with E-state index in [1.807, 2.05) is 25.1 Å². The molecule has 6 heteroatoms. The zero-order chi connectivity index (χ0) is 15.9. The molecule has 3 aromatic rings. The van der Waals surface area contributed by atoms with Gasteiger partial charge in [-0.25, -0.2) is 9.97 Å². The van der Waals surface area contributed by atoms with Crippen LogP contribution in [0.1, 0.15) is 25.4 Å². The van der Waals surface area contributed by atoms with Gasteiger partial charge in [0.25, 0.3) is 0 Å². The molecule has 0 amide bonds. The Labute approximate surface area is 133 Å². The SMILES string of the molecule is Cc1nnc2ccc(-c3cnc(C(C)(C)O)nc3)cc2c1Cl. The number of rotatable bonds is 2. The van der Waals surface area contributed by atoms with Gasteiger partial charge >= 0.3 is 0 Å². The van der Waals surface area contributed by atoms with E-state index in [4.69, 9.17) is 11.6 Å². The molecule has 0 radical (unpaired) electrons. The third kappa shape index (κ3) is 2.65. The Kier molecular flexibility index (Phi) is 3.54. The number of fused-ring (bicyclic) bond motifs is 1. The zero-order valence-corrected chi connectivity index (χ0v) is 13.3. The zero-order valence-electron chi connectivity index (χ0n) is 12.5. The fourth-order valence-corrected chi connectivity index (χ4v) is 2.33. The fraction of sp³-hybridized carbons (Fsp3) is 0.250. The maximum atomic E-state index is 9.90. The Bertz CT molecular complexity index is 841. The first-order valence-corrected chi connectivity index (χ1v) is 7.22. The predicted octanol–water partition coefficient (Wildman–Crippen LogP) is 3.28. The van der Waals surface area contributed by atoms with E-state index in [2.05, 4.69) is 20.2 Å². The summed E-state index contributed by atoms with van der Waals surface area (Å²) in [6.45, 7) is 5.13. The molecule has 3 rings (SSSR count). The van der Waals surface area contributed by atoms with Crippen molar-refractivity contribution in [1.82, 2.24) is 20.2 Å². The van der Waals surface area contributed by atoms with E-state index in [0.29, 0.717) is 16.5 Å². The molecule has 2 heterocycles. The van der Waals surface area contributed by atoms with Gasteiger partial charge in [-0.3, -0.25) is 0 Å². The fourth-order valence-electron chi connectivity index (χ4n) is 2.14. The molecule has 0 bridgehead atoms. The molecule has 2 aromatic heterocycles. The molecule has 5 nitrogen and oxygen atoms in total. The van der Waals surface area contributed by atoms with Crippen molar-refractivity contribution in [3.05, 3.63) is 47.1 Å². The highest BCUT2D eigenvalue weighted by molar-refractivity contribution is 6.35. The summed E-state index contributed by atoms with van der Waals surface area (Å²) in [6.07, 6.45) is 3.38. The molecule has 0 aliphatic heterocycles. The third-order valence-corrected chi connectivity index (χ3v) is 3.87. The molecular formula is C16H15ClN4O. The average Bonchev–Trinajstić information content (AvgIpc) is 2.50. The number of aryl methyl sites for hydroxylation is 1. The van der Waals surface area contributed by atoms with Crippen LogP contribution in [0.3, 0.4) is 0 Å². The molecule has 0 fully saturated rings. The topological polar surface area (TPSA) is 71.8 Å². The largest absolute Gasteiger partial charge is 0.382 e. The van der Waals surface area contributed by atoms with Crippen LogP contribution in [0, 0.1) is 6.92 Å². The second kappa shape index (κ2) is 5.26. The van der Waals surface area contributed by atoms with Crippen LogP contribution in [0.5, 0.6) is 0 Å². The van der Waals surface area contributed by atoms with Crippen molar-refractivity contribution in [2.45, 2.75) is 26.4 Å². The maximum Gasteiger partial charge on any atom is 0.159 e. The van der Waals surface area contributed by atoms with E-state index in [0.717, 1.165) is 22.0 Å². The number of nitrogens with zero attached hydrogens (tertiary/aromatic N) is 4. The summed E-state index contributed by atoms with van der Waals surface area (Å²) in [6, 6.07) is 5.74. The molecule has 0 atom stereocenters. The van der Waals surface area contributed by atoms with E-state index in [-0.39, 0.29) is 0 Å². The van der Waals surface area contributed by atoms with Crippen molar-refractivity contribution in [2.75, 3.05) is 0 Å². The van der Waals surface area contributed by atoms with Crippen molar-refractivity contribution >= 4 is 22.5 Å². The molecule has 0 saturated carbocycles. The Morgan fingerprint density at radius 1 is 1.05 bits per heavy atom. The maximum absolute atomic E-state index is 9.90. The van der Waals surface area contributed by atoms with Gasteiger partial charge < -0.3 is 5.11 Å². The lowest BCUT2D eigenvalue weighted by molar-refractivity contribution is 0.0687. The predicted molar refractivity (Wildman–Crippen MR) is 85.6 cm³/mol. The first-order valence-electron chi connectivity index (χ1n) is 6.84. The minimum Gasteiger partial charge on any atom is -0.382 e. The Hall–Kier alpha value is -2.11. The summed E-state index contributed by atoms with van der Waals surface area (Å²) >= 11 is 6.30. The summed E-state index contributed by atoms with van der Waals surface area (Å²) < 4.78 is 0. The number of hydrogen-bond donors (Lipinski definition) is 1. The molecule has 0 spiro atoms. The van der Waals surface area contributed by atoms with E-state index in [9.17, 15) is 5.11 Å². The van der Waals surface area contributed by atoms with Crippen molar-refractivity contribution in [1.29, 1.82) is 0 Å². The summed E-state index contributed by atoms with van der Waals surface area (Å²) in [5.74, 6) is 0.386. The Balaban J connectivity index is 2.08. The van der Waals surface area contributed by atoms with E-state index in [1.54, 1.807) is 26.2 Å². The van der Waals surface area contributed by atoms with Crippen molar-refractivity contribution < 1.29 is 5.11 Å². The molecule has 112 valence electrons. The summed E-state index contributed by atoms with van der Waals surface area (Å²) in [7, 11) is 0. The molecule has 22 heavy (non-hydrogen) atoms. The smallest absolute Gasteiger partial charge is 0.159 e. The molecule has 0 saturated heterocycles. The second-order valence-electron chi connectivity index (χ2n) is 5.69. The minimum atomic E-state index is -1.06. The van der Waals surface area contributed by atoms with E-state index < -0.39 is 5.60 Å². The lowest BCUT2D eigenvalue weighted by Crippen LogP contribution is -2.19. The lowest BCUT2D eigenvalue weighted by atomic mass is 10.1. The highest BCUT2D eigenvalue weighted by Gasteiger charge is 2.19. The second-order valence-corrected chi connectivity index (χ2v) is 6.06. The number of aromatic nitrogens is 4. The standard InChI is InChI=1S/C16H15ClN4O/c1-9-14(17)12-6-10(4-5-13(12)21-20-9)11-7-18-15(19-8-11)16(2,3)22/h4-8,22H,1-3H3. The van der Waals surface area contributed by atoms with Gasteiger partial charge in [0.2, 0.25) is 0 Å². The van der Waals surface area contributed by atoms with Gasteiger partial charge in [0, 0.05) is 23.3 Å². The van der Waals surface area contributed by atoms with Crippen LogP contribution in [-0.2, 0) is 5.60 Å². The summed E-state index contributed by atoms with van der Waals surface area (Å²) in [4.78, 5) is 8.45. The minimum absolute atomic E-state index is 0.386. The molecule has 1 N–H and O–H groups in total. The van der Waals surface area contributed by atoms with E-state index in [1.165, 1.54) is 0 Å². The summed E-state index contributed by atoms with van der Waals surface area (Å²) in [5, 5.41) is 19.5. The molecule has 1 aromatic carbocycles. The Morgan fingerprint density at radius 3 is 2.36 bits per heavy atom. The van der Waals surface area contributed by atoms with Gasteiger partial charge in [-0.05, 0) is 38.5 Å². The van der Waals surface area contributed by atoms with Crippen molar-refractivity contribution in [3.63, 3.8) is 0 Å². The van der Waals surface area contributed by atoms with Crippen LogP contribution in [0.2, 0.25) is 5.02 Å². The average molecular weight is 315 g/mol. The van der Waals surface area contributed by atoms with Gasteiger partial charge in [-0.15, -0.1) is 0 Å². The van der Waals surface area contributed by atoms with Gasteiger partial charge in [-0.1, -0.05) is 17.7 Å². The molecule has 0 unspecified atom stereocenters.